The van der Waals surface area contributed by atoms with E-state index in [1.807, 2.05) is 12.1 Å². The van der Waals surface area contributed by atoms with Gasteiger partial charge in [-0.15, -0.1) is 0 Å². The van der Waals surface area contributed by atoms with Crippen molar-refractivity contribution in [3.8, 4) is 0 Å². The van der Waals surface area contributed by atoms with Crippen molar-refractivity contribution in [3.05, 3.63) is 28.7 Å². The van der Waals surface area contributed by atoms with E-state index in [9.17, 15) is 4.79 Å². The lowest BCUT2D eigenvalue weighted by atomic mass is 9.86. The zero-order valence-corrected chi connectivity index (χ0v) is 9.86. The average Bonchev–Trinajstić information content (AvgIpc) is 2.67. The fraction of sp³-hybridized carbons (Fsp3) is 0.417. The van der Waals surface area contributed by atoms with Crippen LogP contribution in [0.4, 0.5) is 5.69 Å². The monoisotopic (exact) mass is 249 g/mol. The van der Waals surface area contributed by atoms with E-state index in [0.29, 0.717) is 30.9 Å². The number of fused-ring (bicyclic) bond motifs is 1. The first-order chi connectivity index (χ1) is 8.71. The highest BCUT2D eigenvalue weighted by atomic mass is 16.5. The molecule has 1 aromatic carbocycles. The van der Waals surface area contributed by atoms with E-state index in [0.717, 1.165) is 12.2 Å². The number of hydrogen-bond donors (Lipinski definition) is 3. The zero-order valence-electron chi connectivity index (χ0n) is 9.86. The Morgan fingerprint density at radius 1 is 1.44 bits per heavy atom. The van der Waals surface area contributed by atoms with Gasteiger partial charge in [-0.2, -0.15) is 0 Å². The van der Waals surface area contributed by atoms with Gasteiger partial charge in [-0.1, -0.05) is 0 Å². The molecule has 2 aromatic rings. The minimum atomic E-state index is -0.437. The molecule has 1 aliphatic heterocycles. The van der Waals surface area contributed by atoms with E-state index in [2.05, 4.69) is 10.3 Å². The molecule has 1 aromatic heterocycles. The Balaban J connectivity index is 1.76. The van der Waals surface area contributed by atoms with Crippen molar-refractivity contribution in [1.82, 2.24) is 4.98 Å². The van der Waals surface area contributed by atoms with Crippen molar-refractivity contribution >= 4 is 16.8 Å². The molecule has 6 nitrogen and oxygen atoms in total. The van der Waals surface area contributed by atoms with Crippen LogP contribution in [0.1, 0.15) is 0 Å². The van der Waals surface area contributed by atoms with Crippen molar-refractivity contribution in [1.29, 1.82) is 0 Å². The lowest BCUT2D eigenvalue weighted by molar-refractivity contribution is -0.0979. The second-order valence-corrected chi connectivity index (χ2v) is 4.78. The SMILES string of the molecule is NCC1(CNc2ccc3oc(=O)[nH]c3c2)COC1. The van der Waals surface area contributed by atoms with Crippen molar-refractivity contribution in [3.63, 3.8) is 0 Å². The molecule has 0 unspecified atom stereocenters. The quantitative estimate of drug-likeness (QED) is 0.734. The van der Waals surface area contributed by atoms with Crippen LogP contribution in [-0.4, -0.2) is 31.3 Å². The third-order valence-electron chi connectivity index (χ3n) is 3.34. The largest absolute Gasteiger partial charge is 0.417 e. The van der Waals surface area contributed by atoms with Crippen LogP contribution >= 0.6 is 0 Å². The number of hydrogen-bond acceptors (Lipinski definition) is 5. The van der Waals surface area contributed by atoms with Crippen molar-refractivity contribution in [2.75, 3.05) is 31.6 Å². The standard InChI is InChI=1S/C12H15N3O3/c13-4-12(6-17-7-12)5-14-8-1-2-10-9(3-8)15-11(16)18-10/h1-3,14H,4-7,13H2,(H,15,16). The number of aromatic nitrogens is 1. The van der Waals surface area contributed by atoms with Crippen molar-refractivity contribution < 1.29 is 9.15 Å². The zero-order chi connectivity index (χ0) is 12.6. The van der Waals surface area contributed by atoms with Gasteiger partial charge in [0.25, 0.3) is 0 Å². The van der Waals surface area contributed by atoms with E-state index in [1.54, 1.807) is 6.07 Å². The second-order valence-electron chi connectivity index (χ2n) is 4.78. The third kappa shape index (κ3) is 1.89. The van der Waals surface area contributed by atoms with E-state index in [-0.39, 0.29) is 5.41 Å². The Hall–Kier alpha value is -1.79. The molecule has 18 heavy (non-hydrogen) atoms. The summed E-state index contributed by atoms with van der Waals surface area (Å²) in [5, 5.41) is 3.32. The van der Waals surface area contributed by atoms with Crippen LogP contribution in [-0.2, 0) is 4.74 Å². The summed E-state index contributed by atoms with van der Waals surface area (Å²) in [6.07, 6.45) is 0. The highest BCUT2D eigenvalue weighted by Gasteiger charge is 2.36. The minimum absolute atomic E-state index is 0.0404. The van der Waals surface area contributed by atoms with E-state index in [1.165, 1.54) is 0 Å². The average molecular weight is 249 g/mol. The fourth-order valence-corrected chi connectivity index (χ4v) is 2.03. The van der Waals surface area contributed by atoms with E-state index in [4.69, 9.17) is 14.9 Å². The number of benzene rings is 1. The van der Waals surface area contributed by atoms with Gasteiger partial charge in [0, 0.05) is 24.2 Å². The summed E-state index contributed by atoms with van der Waals surface area (Å²) in [4.78, 5) is 13.7. The van der Waals surface area contributed by atoms with Gasteiger partial charge in [0.2, 0.25) is 0 Å². The number of H-pyrrole nitrogens is 1. The first-order valence-electron chi connectivity index (χ1n) is 5.85. The predicted molar refractivity (Wildman–Crippen MR) is 67.6 cm³/mol. The summed E-state index contributed by atoms with van der Waals surface area (Å²) in [5.74, 6) is -0.437. The predicted octanol–water partition coefficient (Wildman–Crippen LogP) is 0.508. The fourth-order valence-electron chi connectivity index (χ4n) is 2.03. The maximum Gasteiger partial charge on any atom is 0.417 e. The maximum atomic E-state index is 11.0. The molecule has 2 heterocycles. The Labute approximate surface area is 103 Å². The summed E-state index contributed by atoms with van der Waals surface area (Å²) in [6, 6.07) is 5.49. The molecule has 0 aliphatic carbocycles. The second kappa shape index (κ2) is 4.15. The normalized spacial score (nSPS) is 17.6. The number of ether oxygens (including phenoxy) is 1. The smallest absolute Gasteiger partial charge is 0.408 e. The molecule has 1 fully saturated rings. The summed E-state index contributed by atoms with van der Waals surface area (Å²) >= 11 is 0. The van der Waals surface area contributed by atoms with Crippen molar-refractivity contribution in [2.45, 2.75) is 0 Å². The van der Waals surface area contributed by atoms with Gasteiger partial charge in [0.15, 0.2) is 5.58 Å². The number of nitrogens with two attached hydrogens (primary N) is 1. The highest BCUT2D eigenvalue weighted by molar-refractivity contribution is 5.76. The lowest BCUT2D eigenvalue weighted by Gasteiger charge is -2.40. The van der Waals surface area contributed by atoms with Gasteiger partial charge in [0.1, 0.15) is 0 Å². The van der Waals surface area contributed by atoms with Crippen LogP contribution in [0, 0.1) is 5.41 Å². The van der Waals surface area contributed by atoms with Crippen molar-refractivity contribution in [2.24, 2.45) is 11.1 Å². The first-order valence-corrected chi connectivity index (χ1v) is 5.85. The van der Waals surface area contributed by atoms with E-state index >= 15 is 0 Å². The van der Waals surface area contributed by atoms with Gasteiger partial charge in [-0.25, -0.2) is 4.79 Å². The molecule has 4 N–H and O–H groups in total. The molecule has 0 atom stereocenters. The molecule has 0 bridgehead atoms. The Morgan fingerprint density at radius 2 is 2.28 bits per heavy atom. The Morgan fingerprint density at radius 3 is 2.94 bits per heavy atom. The Kier molecular flexibility index (Phi) is 2.61. The summed E-state index contributed by atoms with van der Waals surface area (Å²) < 4.78 is 10.2. The van der Waals surface area contributed by atoms with Crippen LogP contribution in [0.25, 0.3) is 11.1 Å². The molecule has 0 radical (unpaired) electrons. The van der Waals surface area contributed by atoms with Gasteiger partial charge >= 0.3 is 5.76 Å². The molecule has 1 saturated heterocycles. The Bertz CT molecular complexity index is 607. The van der Waals surface area contributed by atoms with Crippen LogP contribution in [0.2, 0.25) is 0 Å². The molecular weight excluding hydrogens is 234 g/mol. The highest BCUT2D eigenvalue weighted by Crippen LogP contribution is 2.27. The molecule has 0 amide bonds. The summed E-state index contributed by atoms with van der Waals surface area (Å²) in [7, 11) is 0. The van der Waals surface area contributed by atoms with Gasteiger partial charge in [-0.05, 0) is 18.2 Å². The number of nitrogens with one attached hydrogen (secondary N) is 2. The molecule has 3 rings (SSSR count). The molecule has 0 spiro atoms. The number of anilines is 1. The topological polar surface area (TPSA) is 93.3 Å². The number of aromatic amines is 1. The van der Waals surface area contributed by atoms with Crippen LogP contribution in [0.3, 0.4) is 0 Å². The third-order valence-corrected chi connectivity index (χ3v) is 3.34. The minimum Gasteiger partial charge on any atom is -0.408 e. The molecule has 6 heteroatoms. The number of rotatable bonds is 4. The first kappa shape index (κ1) is 11.3. The van der Waals surface area contributed by atoms with E-state index < -0.39 is 5.76 Å². The summed E-state index contributed by atoms with van der Waals surface area (Å²) in [5.41, 5.74) is 7.97. The lowest BCUT2D eigenvalue weighted by Crippen LogP contribution is -2.52. The van der Waals surface area contributed by atoms with Crippen LogP contribution in [0.5, 0.6) is 0 Å². The molecule has 0 saturated carbocycles. The summed E-state index contributed by atoms with van der Waals surface area (Å²) in [6.45, 7) is 2.75. The molecule has 1 aliphatic rings. The van der Waals surface area contributed by atoms with Gasteiger partial charge in [-0.3, -0.25) is 4.98 Å². The maximum absolute atomic E-state index is 11.0. The van der Waals surface area contributed by atoms with Gasteiger partial charge in [0.05, 0.1) is 18.7 Å². The molecular formula is C12H15N3O3. The van der Waals surface area contributed by atoms with Crippen LogP contribution < -0.4 is 16.8 Å². The van der Waals surface area contributed by atoms with Crippen LogP contribution in [0.15, 0.2) is 27.4 Å². The molecule has 96 valence electrons. The number of oxazole rings is 1. The van der Waals surface area contributed by atoms with Gasteiger partial charge < -0.3 is 20.2 Å².